The molecule has 4 heteroatoms. The Kier molecular flexibility index (Phi) is 3.17. The van der Waals surface area contributed by atoms with Gasteiger partial charge in [-0.05, 0) is 26.7 Å². The van der Waals surface area contributed by atoms with E-state index in [1.807, 2.05) is 13.8 Å². The number of thiazole rings is 1. The predicted molar refractivity (Wildman–Crippen MR) is 59.4 cm³/mol. The van der Waals surface area contributed by atoms with Crippen molar-refractivity contribution in [3.63, 3.8) is 0 Å². The number of carbonyl (C=O) groups is 1. The molecule has 0 aliphatic heterocycles. The first-order valence-electron chi connectivity index (χ1n) is 5.36. The van der Waals surface area contributed by atoms with Gasteiger partial charge in [-0.25, -0.2) is 4.98 Å². The second kappa shape index (κ2) is 4.41. The summed E-state index contributed by atoms with van der Waals surface area (Å²) in [5.74, 6) is 0.253. The predicted octanol–water partition coefficient (Wildman–Crippen LogP) is 2.76. The van der Waals surface area contributed by atoms with E-state index in [2.05, 4.69) is 4.98 Å². The number of aryl methyl sites for hydroxylation is 1. The summed E-state index contributed by atoms with van der Waals surface area (Å²) in [6, 6.07) is 0. The minimum atomic E-state index is 0.0124. The van der Waals surface area contributed by atoms with E-state index in [1.54, 1.807) is 0 Å². The van der Waals surface area contributed by atoms with Crippen LogP contribution in [0.25, 0.3) is 0 Å². The van der Waals surface area contributed by atoms with E-state index in [-0.39, 0.29) is 11.9 Å². The van der Waals surface area contributed by atoms with Crippen LogP contribution in [0.4, 0.5) is 0 Å². The molecule has 1 aromatic rings. The molecule has 1 atom stereocenters. The highest BCUT2D eigenvalue weighted by Crippen LogP contribution is 2.30. The average Bonchev–Trinajstić information content (AvgIpc) is 2.63. The number of aromatic nitrogens is 1. The minimum absolute atomic E-state index is 0.0124. The molecule has 3 nitrogen and oxygen atoms in total. The fourth-order valence-electron chi connectivity index (χ4n) is 1.78. The van der Waals surface area contributed by atoms with Gasteiger partial charge in [0.25, 0.3) is 0 Å². The highest BCUT2D eigenvalue weighted by Gasteiger charge is 2.23. The Bertz CT molecular complexity index is 373. The first kappa shape index (κ1) is 10.8. The maximum Gasteiger partial charge on any atom is 0.174 e. The second-order valence-electron chi connectivity index (χ2n) is 3.70. The highest BCUT2D eigenvalue weighted by molar-refractivity contribution is 7.14. The Balaban J connectivity index is 2.25. The molecule has 1 aromatic heterocycles. The summed E-state index contributed by atoms with van der Waals surface area (Å²) in [7, 11) is 0. The third kappa shape index (κ3) is 2.11. The van der Waals surface area contributed by atoms with Crippen molar-refractivity contribution in [1.29, 1.82) is 0 Å². The van der Waals surface area contributed by atoms with Crippen LogP contribution in [0.2, 0.25) is 0 Å². The average molecular weight is 225 g/mol. The molecule has 0 radical (unpaired) electrons. The Labute approximate surface area is 93.5 Å². The number of hydrogen-bond donors (Lipinski definition) is 0. The van der Waals surface area contributed by atoms with Gasteiger partial charge in [-0.2, -0.15) is 0 Å². The summed E-state index contributed by atoms with van der Waals surface area (Å²) in [6.07, 6.45) is 2.57. The summed E-state index contributed by atoms with van der Waals surface area (Å²) >= 11 is 1.51. The topological polar surface area (TPSA) is 39.2 Å². The molecule has 0 bridgehead atoms. The number of nitrogens with zero attached hydrogens (tertiary/aromatic N) is 1. The molecule has 0 saturated heterocycles. The van der Waals surface area contributed by atoms with Crippen molar-refractivity contribution in [2.24, 2.45) is 0 Å². The molecule has 15 heavy (non-hydrogen) atoms. The van der Waals surface area contributed by atoms with Crippen LogP contribution in [0.5, 0.6) is 0 Å². The Morgan fingerprint density at radius 3 is 3.00 bits per heavy atom. The molecule has 0 saturated carbocycles. The summed E-state index contributed by atoms with van der Waals surface area (Å²) in [4.78, 5) is 17.0. The van der Waals surface area contributed by atoms with Gasteiger partial charge < -0.3 is 4.74 Å². The standard InChI is InChI=1S/C11H15NO2S/c1-3-14-7(2)11-12-8-5-4-6-9(13)10(8)15-11/h7H,3-6H2,1-2H3. The van der Waals surface area contributed by atoms with Gasteiger partial charge in [-0.3, -0.25) is 4.79 Å². The summed E-state index contributed by atoms with van der Waals surface area (Å²) < 4.78 is 5.48. The van der Waals surface area contributed by atoms with Gasteiger partial charge in [0.2, 0.25) is 0 Å². The Hall–Kier alpha value is -0.740. The SMILES string of the molecule is CCOC(C)c1nc2c(s1)C(=O)CCC2. The van der Waals surface area contributed by atoms with Crippen molar-refractivity contribution in [3.05, 3.63) is 15.6 Å². The van der Waals surface area contributed by atoms with E-state index in [1.165, 1.54) is 11.3 Å². The lowest BCUT2D eigenvalue weighted by atomic mass is 10.0. The third-order valence-electron chi connectivity index (χ3n) is 2.55. The van der Waals surface area contributed by atoms with Crippen molar-refractivity contribution >= 4 is 17.1 Å². The van der Waals surface area contributed by atoms with E-state index in [0.29, 0.717) is 13.0 Å². The molecule has 0 fully saturated rings. The van der Waals surface area contributed by atoms with Gasteiger partial charge in [-0.15, -0.1) is 11.3 Å². The number of ketones is 1. The summed E-state index contributed by atoms with van der Waals surface area (Å²) in [5.41, 5.74) is 0.984. The largest absolute Gasteiger partial charge is 0.372 e. The Morgan fingerprint density at radius 1 is 1.53 bits per heavy atom. The molecular formula is C11H15NO2S. The number of ether oxygens (including phenoxy) is 1. The number of rotatable bonds is 3. The second-order valence-corrected chi connectivity index (χ2v) is 4.73. The first-order valence-corrected chi connectivity index (χ1v) is 6.18. The molecule has 82 valence electrons. The van der Waals surface area contributed by atoms with Crippen LogP contribution in [0.15, 0.2) is 0 Å². The van der Waals surface area contributed by atoms with Gasteiger partial charge in [0, 0.05) is 13.0 Å². The molecule has 1 heterocycles. The Morgan fingerprint density at radius 2 is 2.33 bits per heavy atom. The molecule has 0 aromatic carbocycles. The minimum Gasteiger partial charge on any atom is -0.372 e. The van der Waals surface area contributed by atoms with Crippen LogP contribution >= 0.6 is 11.3 Å². The van der Waals surface area contributed by atoms with E-state index in [9.17, 15) is 4.79 Å². The molecule has 1 aliphatic rings. The van der Waals surface area contributed by atoms with Crippen molar-refractivity contribution in [2.45, 2.75) is 39.2 Å². The van der Waals surface area contributed by atoms with E-state index in [0.717, 1.165) is 28.4 Å². The molecule has 1 unspecified atom stereocenters. The van der Waals surface area contributed by atoms with Crippen LogP contribution in [0.3, 0.4) is 0 Å². The number of carbonyl (C=O) groups excluding carboxylic acids is 1. The van der Waals surface area contributed by atoms with E-state index < -0.39 is 0 Å². The number of Topliss-reactive ketones (excluding diaryl/α,β-unsaturated/α-hetero) is 1. The van der Waals surface area contributed by atoms with Crippen molar-refractivity contribution in [2.75, 3.05) is 6.61 Å². The highest BCUT2D eigenvalue weighted by atomic mass is 32.1. The quantitative estimate of drug-likeness (QED) is 0.794. The smallest absolute Gasteiger partial charge is 0.174 e. The van der Waals surface area contributed by atoms with Crippen LogP contribution in [-0.2, 0) is 11.2 Å². The molecule has 1 aliphatic carbocycles. The van der Waals surface area contributed by atoms with Crippen LogP contribution in [0, 0.1) is 0 Å². The van der Waals surface area contributed by atoms with Crippen molar-refractivity contribution < 1.29 is 9.53 Å². The van der Waals surface area contributed by atoms with Gasteiger partial charge in [0.15, 0.2) is 5.78 Å². The molecule has 0 N–H and O–H groups in total. The van der Waals surface area contributed by atoms with Crippen molar-refractivity contribution in [3.8, 4) is 0 Å². The zero-order valence-corrected chi connectivity index (χ0v) is 9.89. The number of hydrogen-bond acceptors (Lipinski definition) is 4. The summed E-state index contributed by atoms with van der Waals surface area (Å²) in [6.45, 7) is 4.63. The zero-order valence-electron chi connectivity index (χ0n) is 9.08. The third-order valence-corrected chi connectivity index (χ3v) is 3.85. The fourth-order valence-corrected chi connectivity index (χ4v) is 2.86. The molecule has 2 rings (SSSR count). The molecular weight excluding hydrogens is 210 g/mol. The monoisotopic (exact) mass is 225 g/mol. The fraction of sp³-hybridized carbons (Fsp3) is 0.636. The van der Waals surface area contributed by atoms with Crippen LogP contribution in [-0.4, -0.2) is 17.4 Å². The van der Waals surface area contributed by atoms with Gasteiger partial charge in [0.05, 0.1) is 10.6 Å². The van der Waals surface area contributed by atoms with Crippen molar-refractivity contribution in [1.82, 2.24) is 4.98 Å². The maximum atomic E-state index is 11.6. The van der Waals surface area contributed by atoms with Gasteiger partial charge in [-0.1, -0.05) is 0 Å². The zero-order chi connectivity index (χ0) is 10.8. The maximum absolute atomic E-state index is 11.6. The van der Waals surface area contributed by atoms with Gasteiger partial charge >= 0.3 is 0 Å². The van der Waals surface area contributed by atoms with Gasteiger partial charge in [0.1, 0.15) is 11.1 Å². The summed E-state index contributed by atoms with van der Waals surface area (Å²) in [5, 5.41) is 0.942. The molecule has 0 spiro atoms. The van der Waals surface area contributed by atoms with Crippen LogP contribution < -0.4 is 0 Å². The molecule has 0 amide bonds. The van der Waals surface area contributed by atoms with E-state index in [4.69, 9.17) is 4.74 Å². The van der Waals surface area contributed by atoms with Crippen LogP contribution in [0.1, 0.15) is 53.2 Å². The number of fused-ring (bicyclic) bond motifs is 1. The lowest BCUT2D eigenvalue weighted by molar-refractivity contribution is 0.0761. The van der Waals surface area contributed by atoms with E-state index >= 15 is 0 Å². The lowest BCUT2D eigenvalue weighted by Crippen LogP contribution is -2.07. The first-order chi connectivity index (χ1) is 7.22. The lowest BCUT2D eigenvalue weighted by Gasteiger charge is -2.06. The normalized spacial score (nSPS) is 17.6.